The maximum atomic E-state index is 5.85. The highest BCUT2D eigenvalue weighted by molar-refractivity contribution is 7.80. The molecule has 0 aliphatic heterocycles. The Morgan fingerprint density at radius 3 is 2.52 bits per heavy atom. The largest absolute Gasteiger partial charge is 0.492 e. The number of benzene rings is 1. The van der Waals surface area contributed by atoms with Gasteiger partial charge in [0, 0.05) is 19.0 Å². The molecule has 3 nitrogen and oxygen atoms in total. The van der Waals surface area contributed by atoms with Gasteiger partial charge in [-0.2, -0.15) is 0 Å². The normalized spacial score (nSPS) is 15.5. The average Bonchev–Trinajstić information content (AvgIpc) is 2.99. The minimum atomic E-state index is 0.527. The molecule has 0 heterocycles. The van der Waals surface area contributed by atoms with Crippen molar-refractivity contribution in [3.05, 3.63) is 29.8 Å². The number of ether oxygens (including phenoxy) is 1. The molecule has 4 heteroatoms. The zero-order valence-electron chi connectivity index (χ0n) is 12.9. The highest BCUT2D eigenvalue weighted by Crippen LogP contribution is 2.23. The highest BCUT2D eigenvalue weighted by Gasteiger charge is 2.20. The second-order valence-corrected chi connectivity index (χ2v) is 6.23. The lowest BCUT2D eigenvalue weighted by molar-refractivity contribution is 0.168. The van der Waals surface area contributed by atoms with E-state index in [4.69, 9.17) is 22.7 Å². The summed E-state index contributed by atoms with van der Waals surface area (Å²) in [6, 6.07) is 8.83. The van der Waals surface area contributed by atoms with E-state index in [2.05, 4.69) is 11.8 Å². The minimum absolute atomic E-state index is 0.527. The van der Waals surface area contributed by atoms with Crippen molar-refractivity contribution in [1.29, 1.82) is 0 Å². The Labute approximate surface area is 133 Å². The molecule has 2 N–H and O–H groups in total. The summed E-state index contributed by atoms with van der Waals surface area (Å²) in [5, 5.41) is 0. The highest BCUT2D eigenvalue weighted by atomic mass is 32.1. The number of rotatable bonds is 8. The van der Waals surface area contributed by atoms with Gasteiger partial charge in [-0.15, -0.1) is 0 Å². The maximum absolute atomic E-state index is 5.85. The summed E-state index contributed by atoms with van der Waals surface area (Å²) in [6.07, 6.45) is 6.11. The Morgan fingerprint density at radius 2 is 1.95 bits per heavy atom. The van der Waals surface area contributed by atoms with Crippen LogP contribution in [-0.2, 0) is 6.42 Å². The Bertz CT molecular complexity index is 441. The molecule has 21 heavy (non-hydrogen) atoms. The predicted molar refractivity (Wildman–Crippen MR) is 91.9 cm³/mol. The van der Waals surface area contributed by atoms with Gasteiger partial charge in [0.1, 0.15) is 12.4 Å². The monoisotopic (exact) mass is 306 g/mol. The lowest BCUT2D eigenvalue weighted by Gasteiger charge is -2.27. The van der Waals surface area contributed by atoms with Crippen LogP contribution in [0.25, 0.3) is 0 Å². The Hall–Kier alpha value is -1.13. The van der Waals surface area contributed by atoms with Crippen LogP contribution in [0.4, 0.5) is 0 Å². The van der Waals surface area contributed by atoms with Gasteiger partial charge in [0.25, 0.3) is 0 Å². The van der Waals surface area contributed by atoms with Crippen LogP contribution in [0.2, 0.25) is 0 Å². The van der Waals surface area contributed by atoms with Gasteiger partial charge in [-0.1, -0.05) is 44.1 Å². The fourth-order valence-electron chi connectivity index (χ4n) is 3.05. The molecule has 2 rings (SSSR count). The van der Waals surface area contributed by atoms with E-state index in [1.165, 1.54) is 25.7 Å². The molecule has 1 aliphatic rings. The second-order valence-electron chi connectivity index (χ2n) is 5.70. The number of hydrogen-bond donors (Lipinski definition) is 1. The van der Waals surface area contributed by atoms with Gasteiger partial charge < -0.3 is 10.5 Å². The molecule has 0 spiro atoms. The molecule has 0 aromatic heterocycles. The van der Waals surface area contributed by atoms with Crippen molar-refractivity contribution in [3.8, 4) is 5.75 Å². The minimum Gasteiger partial charge on any atom is -0.492 e. The first kappa shape index (κ1) is 16.2. The van der Waals surface area contributed by atoms with Gasteiger partial charge in [0.2, 0.25) is 0 Å². The van der Waals surface area contributed by atoms with Crippen molar-refractivity contribution < 1.29 is 4.74 Å². The lowest BCUT2D eigenvalue weighted by atomic mass is 10.1. The molecule has 0 unspecified atom stereocenters. The zero-order chi connectivity index (χ0) is 15.1. The van der Waals surface area contributed by atoms with Crippen LogP contribution < -0.4 is 10.5 Å². The third-order valence-electron chi connectivity index (χ3n) is 4.20. The van der Waals surface area contributed by atoms with Crippen molar-refractivity contribution in [2.75, 3.05) is 19.7 Å². The number of nitrogens with two attached hydrogens (primary N) is 1. The Morgan fingerprint density at radius 1 is 1.29 bits per heavy atom. The topological polar surface area (TPSA) is 38.5 Å². The molecule has 0 saturated heterocycles. The van der Waals surface area contributed by atoms with Crippen LogP contribution in [-0.4, -0.2) is 35.6 Å². The van der Waals surface area contributed by atoms with Gasteiger partial charge >= 0.3 is 0 Å². The average molecular weight is 306 g/mol. The summed E-state index contributed by atoms with van der Waals surface area (Å²) >= 11 is 4.92. The number of hydrogen-bond acceptors (Lipinski definition) is 3. The molecule has 1 aromatic carbocycles. The van der Waals surface area contributed by atoms with E-state index in [9.17, 15) is 0 Å². The molecule has 0 bridgehead atoms. The fraction of sp³-hybridized carbons (Fsp3) is 0.588. The first-order valence-corrected chi connectivity index (χ1v) is 8.34. The molecule has 1 aromatic rings. The third kappa shape index (κ3) is 5.29. The lowest BCUT2D eigenvalue weighted by Crippen LogP contribution is -2.36. The fourth-order valence-corrected chi connectivity index (χ4v) is 3.22. The van der Waals surface area contributed by atoms with Crippen molar-refractivity contribution in [3.63, 3.8) is 0 Å². The molecule has 1 fully saturated rings. The van der Waals surface area contributed by atoms with Crippen LogP contribution in [0.15, 0.2) is 24.3 Å². The Balaban J connectivity index is 1.75. The van der Waals surface area contributed by atoms with E-state index in [1.54, 1.807) is 0 Å². The number of likely N-dealkylation sites (N-methyl/N-ethyl adjacent to an activating group) is 1. The second kappa shape index (κ2) is 8.35. The summed E-state index contributed by atoms with van der Waals surface area (Å²) in [5.74, 6) is 0.921. The van der Waals surface area contributed by atoms with Gasteiger partial charge in [0.05, 0.1) is 4.99 Å². The molecule has 0 radical (unpaired) electrons. The van der Waals surface area contributed by atoms with E-state index in [1.807, 2.05) is 24.3 Å². The predicted octanol–water partition coefficient (Wildman–Crippen LogP) is 3.16. The Kier molecular flexibility index (Phi) is 6.46. The smallest absolute Gasteiger partial charge is 0.119 e. The van der Waals surface area contributed by atoms with Crippen LogP contribution in [0.3, 0.4) is 0 Å². The van der Waals surface area contributed by atoms with Gasteiger partial charge in [0.15, 0.2) is 0 Å². The van der Waals surface area contributed by atoms with Gasteiger partial charge in [-0.25, -0.2) is 0 Å². The zero-order valence-corrected chi connectivity index (χ0v) is 13.7. The molecule has 116 valence electrons. The van der Waals surface area contributed by atoms with Gasteiger partial charge in [-0.05, 0) is 37.1 Å². The van der Waals surface area contributed by atoms with E-state index < -0.39 is 0 Å². The molecule has 0 atom stereocenters. The van der Waals surface area contributed by atoms with Crippen molar-refractivity contribution in [2.24, 2.45) is 5.73 Å². The van der Waals surface area contributed by atoms with Crippen molar-refractivity contribution >= 4 is 17.2 Å². The molecule has 0 amide bonds. The van der Waals surface area contributed by atoms with Crippen LogP contribution >= 0.6 is 12.2 Å². The first-order valence-electron chi connectivity index (χ1n) is 7.93. The van der Waals surface area contributed by atoms with E-state index >= 15 is 0 Å². The molecule has 1 aliphatic carbocycles. The SMILES string of the molecule is CCN(CCOc1ccc(CC(N)=S)cc1)C1CCCC1. The van der Waals surface area contributed by atoms with Crippen molar-refractivity contribution in [1.82, 2.24) is 4.90 Å². The molecular weight excluding hydrogens is 280 g/mol. The number of thiocarbonyl (C=S) groups is 1. The summed E-state index contributed by atoms with van der Waals surface area (Å²) in [5.41, 5.74) is 6.68. The first-order chi connectivity index (χ1) is 10.2. The maximum Gasteiger partial charge on any atom is 0.119 e. The summed E-state index contributed by atoms with van der Waals surface area (Å²) in [6.45, 7) is 5.11. The van der Waals surface area contributed by atoms with Gasteiger partial charge in [-0.3, -0.25) is 4.90 Å². The number of nitrogens with zero attached hydrogens (tertiary/aromatic N) is 1. The van der Waals surface area contributed by atoms with Crippen LogP contribution in [0.1, 0.15) is 38.2 Å². The molecule has 1 saturated carbocycles. The molecular formula is C17H26N2OS. The van der Waals surface area contributed by atoms with E-state index in [0.29, 0.717) is 11.4 Å². The van der Waals surface area contributed by atoms with Crippen LogP contribution in [0.5, 0.6) is 5.75 Å². The summed E-state index contributed by atoms with van der Waals surface area (Å²) in [7, 11) is 0. The summed E-state index contributed by atoms with van der Waals surface area (Å²) < 4.78 is 5.85. The third-order valence-corrected chi connectivity index (χ3v) is 4.34. The van der Waals surface area contributed by atoms with Crippen molar-refractivity contribution in [2.45, 2.75) is 45.1 Å². The summed E-state index contributed by atoms with van der Waals surface area (Å²) in [4.78, 5) is 3.08. The quantitative estimate of drug-likeness (QED) is 0.749. The van der Waals surface area contributed by atoms with Crippen LogP contribution in [0, 0.1) is 0 Å². The standard InChI is InChI=1S/C17H26N2OS/c1-2-19(15-5-3-4-6-15)11-12-20-16-9-7-14(8-10-16)13-17(18)21/h7-10,15H,2-6,11-13H2,1H3,(H2,18,21). The van der Waals surface area contributed by atoms with E-state index in [-0.39, 0.29) is 0 Å². The van der Waals surface area contributed by atoms with E-state index in [0.717, 1.165) is 37.1 Å².